The third-order valence-corrected chi connectivity index (χ3v) is 7.66. The third kappa shape index (κ3) is 6.39. The Morgan fingerprint density at radius 3 is 2.11 bits per heavy atom. The molecule has 35 heavy (non-hydrogen) atoms. The molecule has 1 heterocycles. The highest BCUT2D eigenvalue weighted by atomic mass is 32.2. The fraction of sp³-hybridized carbons (Fsp3) is 0.250. The lowest BCUT2D eigenvalue weighted by molar-refractivity contribution is -0.119. The Bertz CT molecular complexity index is 1340. The number of rotatable bonds is 7. The first-order valence-corrected chi connectivity index (χ1v) is 13.3. The van der Waals surface area contributed by atoms with Gasteiger partial charge >= 0.3 is 6.03 Å². The lowest BCUT2D eigenvalue weighted by atomic mass is 10.2. The summed E-state index contributed by atoms with van der Waals surface area (Å²) in [5.41, 5.74) is 11.3. The highest BCUT2D eigenvalue weighted by Crippen LogP contribution is 2.21. The molecule has 7 N–H and O–H groups in total. The Morgan fingerprint density at radius 1 is 0.943 bits per heavy atom. The van der Waals surface area contributed by atoms with Gasteiger partial charge in [0.05, 0.1) is 9.79 Å². The Balaban J connectivity index is 1.66. The first kappa shape index (κ1) is 25.8. The van der Waals surface area contributed by atoms with Crippen LogP contribution in [0.5, 0.6) is 0 Å². The van der Waals surface area contributed by atoms with Gasteiger partial charge in [-0.15, -0.1) is 5.10 Å². The van der Waals surface area contributed by atoms with Gasteiger partial charge in [-0.2, -0.15) is 13.2 Å². The number of amides is 3. The van der Waals surface area contributed by atoms with E-state index in [0.29, 0.717) is 12.8 Å². The molecule has 0 bridgehead atoms. The molecule has 1 atom stereocenters. The van der Waals surface area contributed by atoms with Crippen molar-refractivity contribution in [2.75, 3.05) is 11.9 Å². The summed E-state index contributed by atoms with van der Waals surface area (Å²) >= 11 is 0. The molecule has 1 aliphatic heterocycles. The molecular weight excluding hydrogens is 498 g/mol. The number of likely N-dealkylation sites (tertiary alicyclic amines) is 1. The number of nitrogens with zero attached hydrogens (tertiary/aromatic N) is 2. The number of hydrogen-bond donors (Lipinski definition) is 5. The second-order valence-corrected chi connectivity index (χ2v) is 11.1. The Morgan fingerprint density at radius 2 is 1.51 bits per heavy atom. The number of aryl methyl sites for hydroxylation is 1. The van der Waals surface area contributed by atoms with Gasteiger partial charge in [0.2, 0.25) is 11.9 Å². The van der Waals surface area contributed by atoms with E-state index in [2.05, 4.69) is 10.4 Å². The Kier molecular flexibility index (Phi) is 7.50. The predicted molar refractivity (Wildman–Crippen MR) is 128 cm³/mol. The van der Waals surface area contributed by atoms with Crippen molar-refractivity contribution in [1.29, 1.82) is 0 Å². The molecule has 0 saturated carbocycles. The average molecular weight is 524 g/mol. The second kappa shape index (κ2) is 10.2. The van der Waals surface area contributed by atoms with E-state index in [1.165, 1.54) is 36.4 Å². The molecule has 188 valence electrons. The SMILES string of the molecule is Cc1ccc(S(=O)(=O)NC(=O)N2CCC[C@H]2C(=O)Nc2ccc(S(=O)(=O)NN=C(N)N)cc2)cc1. The quantitative estimate of drug-likeness (QED) is 0.189. The van der Waals surface area contributed by atoms with Gasteiger partial charge in [0.1, 0.15) is 6.04 Å². The summed E-state index contributed by atoms with van der Waals surface area (Å²) < 4.78 is 51.3. The first-order chi connectivity index (χ1) is 16.4. The van der Waals surface area contributed by atoms with Crippen LogP contribution >= 0.6 is 0 Å². The molecule has 1 saturated heterocycles. The molecule has 15 heteroatoms. The Labute approximate surface area is 202 Å². The maximum Gasteiger partial charge on any atom is 0.331 e. The summed E-state index contributed by atoms with van der Waals surface area (Å²) in [6.07, 6.45) is 0.836. The lowest BCUT2D eigenvalue weighted by Gasteiger charge is -2.24. The van der Waals surface area contributed by atoms with Crippen LogP contribution < -0.4 is 26.3 Å². The van der Waals surface area contributed by atoms with E-state index in [-0.39, 0.29) is 22.0 Å². The van der Waals surface area contributed by atoms with Crippen LogP contribution in [0.1, 0.15) is 18.4 Å². The number of sulfonamides is 2. The molecular formula is C20H25N7O6S2. The van der Waals surface area contributed by atoms with Crippen molar-refractivity contribution < 1.29 is 26.4 Å². The molecule has 2 aromatic rings. The molecule has 0 spiro atoms. The molecule has 0 aromatic heterocycles. The second-order valence-electron chi connectivity index (χ2n) is 7.72. The maximum atomic E-state index is 12.8. The standard InChI is InChI=1S/C20H25N7O6S2/c1-13-4-8-15(9-5-13)34(30,31)25-20(29)27-12-2-3-17(27)18(28)23-14-6-10-16(11-7-14)35(32,33)26-24-19(21)22/h4-11,17,26H,2-3,12H2,1H3,(H,23,28)(H,25,29)(H4,21,22,24)/t17-/m0/s1. The van der Waals surface area contributed by atoms with Gasteiger partial charge in [0.15, 0.2) is 0 Å². The minimum Gasteiger partial charge on any atom is -0.369 e. The minimum absolute atomic E-state index is 0.0685. The predicted octanol–water partition coefficient (Wildman–Crippen LogP) is -0.0369. The van der Waals surface area contributed by atoms with E-state index in [1.807, 2.05) is 9.55 Å². The summed E-state index contributed by atoms with van der Waals surface area (Å²) in [5, 5.41) is 5.85. The van der Waals surface area contributed by atoms with Crippen molar-refractivity contribution in [1.82, 2.24) is 14.5 Å². The number of hydrogen-bond acceptors (Lipinski definition) is 7. The number of carbonyl (C=O) groups excluding carboxylic acids is 2. The van der Waals surface area contributed by atoms with Gasteiger partial charge in [0.25, 0.3) is 20.0 Å². The van der Waals surface area contributed by atoms with Crippen LogP contribution in [-0.2, 0) is 24.8 Å². The van der Waals surface area contributed by atoms with Crippen LogP contribution in [0.4, 0.5) is 10.5 Å². The molecule has 2 aromatic carbocycles. The van der Waals surface area contributed by atoms with E-state index < -0.39 is 44.0 Å². The number of carbonyl (C=O) groups is 2. The number of benzene rings is 2. The molecule has 3 amide bonds. The van der Waals surface area contributed by atoms with E-state index in [9.17, 15) is 26.4 Å². The van der Waals surface area contributed by atoms with Gasteiger partial charge in [-0.1, -0.05) is 17.7 Å². The highest BCUT2D eigenvalue weighted by molar-refractivity contribution is 7.90. The van der Waals surface area contributed by atoms with Crippen LogP contribution in [-0.4, -0.2) is 52.2 Å². The first-order valence-electron chi connectivity index (χ1n) is 10.3. The molecule has 3 rings (SSSR count). The van der Waals surface area contributed by atoms with E-state index >= 15 is 0 Å². The number of nitrogens with two attached hydrogens (primary N) is 2. The zero-order chi connectivity index (χ0) is 25.8. The molecule has 13 nitrogen and oxygen atoms in total. The Hall–Kier alpha value is -3.85. The van der Waals surface area contributed by atoms with Crippen LogP contribution in [0.3, 0.4) is 0 Å². The number of hydrazone groups is 1. The van der Waals surface area contributed by atoms with Crippen LogP contribution in [0.2, 0.25) is 0 Å². The summed E-state index contributed by atoms with van der Waals surface area (Å²) in [6, 6.07) is 9.33. The largest absolute Gasteiger partial charge is 0.369 e. The summed E-state index contributed by atoms with van der Waals surface area (Å²) in [7, 11) is -8.12. The fourth-order valence-corrected chi connectivity index (χ4v) is 5.13. The highest BCUT2D eigenvalue weighted by Gasteiger charge is 2.36. The smallest absolute Gasteiger partial charge is 0.331 e. The van der Waals surface area contributed by atoms with Crippen LogP contribution in [0.25, 0.3) is 0 Å². The van der Waals surface area contributed by atoms with Crippen molar-refractivity contribution in [2.45, 2.75) is 35.6 Å². The molecule has 1 aliphatic rings. The lowest BCUT2D eigenvalue weighted by Crippen LogP contribution is -2.49. The number of nitrogens with one attached hydrogen (secondary N) is 3. The third-order valence-electron chi connectivity index (χ3n) is 5.10. The van der Waals surface area contributed by atoms with E-state index in [4.69, 9.17) is 11.5 Å². The summed E-state index contributed by atoms with van der Waals surface area (Å²) in [6.45, 7) is 2.00. The van der Waals surface area contributed by atoms with Gasteiger partial charge < -0.3 is 21.7 Å². The van der Waals surface area contributed by atoms with Crippen LogP contribution in [0.15, 0.2) is 63.4 Å². The zero-order valence-corrected chi connectivity index (χ0v) is 20.3. The number of anilines is 1. The van der Waals surface area contributed by atoms with Crippen molar-refractivity contribution in [3.05, 3.63) is 54.1 Å². The van der Waals surface area contributed by atoms with E-state index in [0.717, 1.165) is 10.5 Å². The van der Waals surface area contributed by atoms with Crippen molar-refractivity contribution in [3.63, 3.8) is 0 Å². The topological polar surface area (TPSA) is 206 Å². The zero-order valence-electron chi connectivity index (χ0n) is 18.6. The van der Waals surface area contributed by atoms with Crippen molar-refractivity contribution in [3.8, 4) is 0 Å². The minimum atomic E-state index is -4.11. The van der Waals surface area contributed by atoms with Gasteiger partial charge in [-0.25, -0.2) is 17.9 Å². The van der Waals surface area contributed by atoms with Crippen LogP contribution in [0, 0.1) is 6.92 Å². The maximum absolute atomic E-state index is 12.8. The number of guanidine groups is 1. The molecule has 0 unspecified atom stereocenters. The molecule has 0 radical (unpaired) electrons. The number of urea groups is 1. The van der Waals surface area contributed by atoms with Crippen molar-refractivity contribution >= 4 is 43.6 Å². The normalized spacial score (nSPS) is 15.8. The van der Waals surface area contributed by atoms with Gasteiger partial charge in [0, 0.05) is 12.2 Å². The fourth-order valence-electron chi connectivity index (χ4n) is 3.34. The van der Waals surface area contributed by atoms with Gasteiger partial charge in [-0.3, -0.25) is 4.79 Å². The van der Waals surface area contributed by atoms with E-state index in [1.54, 1.807) is 19.1 Å². The van der Waals surface area contributed by atoms with Crippen molar-refractivity contribution in [2.24, 2.45) is 16.6 Å². The summed E-state index contributed by atoms with van der Waals surface area (Å²) in [5.74, 6) is -1.01. The molecule has 0 aliphatic carbocycles. The summed E-state index contributed by atoms with van der Waals surface area (Å²) in [4.78, 5) is 28.3. The molecule has 1 fully saturated rings. The van der Waals surface area contributed by atoms with Gasteiger partial charge in [-0.05, 0) is 56.2 Å². The monoisotopic (exact) mass is 523 g/mol. The average Bonchev–Trinajstić information content (AvgIpc) is 3.29.